The summed E-state index contributed by atoms with van der Waals surface area (Å²) in [6, 6.07) is 8.66. The van der Waals surface area contributed by atoms with E-state index in [1.165, 1.54) is 16.0 Å². The molecule has 0 aliphatic carbocycles. The van der Waals surface area contributed by atoms with Crippen molar-refractivity contribution in [3.8, 4) is 5.75 Å². The average molecular weight is 340 g/mol. The lowest BCUT2D eigenvalue weighted by molar-refractivity contribution is 0.338. The fraction of sp³-hybridized carbons (Fsp3) is 0.333. The summed E-state index contributed by atoms with van der Waals surface area (Å²) in [4.78, 5) is 1.36. The standard InChI is InChI=1S/C15H18BrNOS/c1-4-18-13-6-5-11(9-12(13)16)14(17-3)15-10(2)7-8-19-15/h5-9,14,17H,4H2,1-3H3. The topological polar surface area (TPSA) is 21.3 Å². The Morgan fingerprint density at radius 3 is 2.68 bits per heavy atom. The fourth-order valence-corrected chi connectivity index (χ4v) is 3.67. The molecule has 102 valence electrons. The molecule has 0 bridgehead atoms. The number of aryl methyl sites for hydroxylation is 1. The Hall–Kier alpha value is -0.840. The van der Waals surface area contributed by atoms with Crippen LogP contribution in [0.2, 0.25) is 0 Å². The molecule has 1 heterocycles. The monoisotopic (exact) mass is 339 g/mol. The highest BCUT2D eigenvalue weighted by atomic mass is 79.9. The molecule has 1 aromatic heterocycles. The Kier molecular flexibility index (Phi) is 5.02. The summed E-state index contributed by atoms with van der Waals surface area (Å²) in [5.74, 6) is 0.893. The Morgan fingerprint density at radius 1 is 1.37 bits per heavy atom. The van der Waals surface area contributed by atoms with Gasteiger partial charge in [0.15, 0.2) is 0 Å². The molecule has 0 saturated carbocycles. The second-order valence-corrected chi connectivity index (χ2v) is 6.11. The molecule has 0 amide bonds. The third-order valence-electron chi connectivity index (χ3n) is 3.04. The molecule has 0 aliphatic rings. The lowest BCUT2D eigenvalue weighted by Crippen LogP contribution is -2.17. The normalized spacial score (nSPS) is 12.4. The number of halogens is 1. The van der Waals surface area contributed by atoms with Gasteiger partial charge in [-0.25, -0.2) is 0 Å². The fourth-order valence-electron chi connectivity index (χ4n) is 2.10. The van der Waals surface area contributed by atoms with Gasteiger partial charge < -0.3 is 10.1 Å². The quantitative estimate of drug-likeness (QED) is 0.864. The molecule has 1 aromatic carbocycles. The van der Waals surface area contributed by atoms with Crippen LogP contribution in [-0.4, -0.2) is 13.7 Å². The maximum atomic E-state index is 5.55. The molecule has 0 aliphatic heterocycles. The first-order valence-corrected chi connectivity index (χ1v) is 7.98. The van der Waals surface area contributed by atoms with Crippen molar-refractivity contribution in [2.24, 2.45) is 0 Å². The van der Waals surface area contributed by atoms with Crippen molar-refractivity contribution in [2.75, 3.05) is 13.7 Å². The van der Waals surface area contributed by atoms with E-state index >= 15 is 0 Å². The Balaban J connectivity index is 2.34. The zero-order valence-electron chi connectivity index (χ0n) is 11.4. The minimum Gasteiger partial charge on any atom is -0.493 e. The first kappa shape index (κ1) is 14.6. The average Bonchev–Trinajstić information content (AvgIpc) is 2.80. The van der Waals surface area contributed by atoms with Crippen molar-refractivity contribution in [1.82, 2.24) is 5.32 Å². The van der Waals surface area contributed by atoms with Crippen molar-refractivity contribution in [3.05, 3.63) is 50.1 Å². The summed E-state index contributed by atoms with van der Waals surface area (Å²) < 4.78 is 6.56. The first-order valence-electron chi connectivity index (χ1n) is 6.30. The molecule has 2 aromatic rings. The zero-order valence-corrected chi connectivity index (χ0v) is 13.8. The van der Waals surface area contributed by atoms with Crippen LogP contribution in [0.5, 0.6) is 5.75 Å². The second-order valence-electron chi connectivity index (χ2n) is 4.31. The van der Waals surface area contributed by atoms with Crippen LogP contribution in [0.1, 0.15) is 29.0 Å². The molecule has 1 atom stereocenters. The molecule has 0 fully saturated rings. The molecule has 0 saturated heterocycles. The third kappa shape index (κ3) is 3.19. The lowest BCUT2D eigenvalue weighted by atomic mass is 10.0. The van der Waals surface area contributed by atoms with E-state index in [0.717, 1.165) is 10.2 Å². The summed E-state index contributed by atoms with van der Waals surface area (Å²) in [7, 11) is 1.99. The Morgan fingerprint density at radius 2 is 2.16 bits per heavy atom. The van der Waals surface area contributed by atoms with Crippen LogP contribution in [0.15, 0.2) is 34.1 Å². The van der Waals surface area contributed by atoms with Crippen LogP contribution in [0.25, 0.3) is 0 Å². The molecule has 19 heavy (non-hydrogen) atoms. The van der Waals surface area contributed by atoms with Gasteiger partial charge in [0.25, 0.3) is 0 Å². The number of rotatable bonds is 5. The van der Waals surface area contributed by atoms with Crippen LogP contribution < -0.4 is 10.1 Å². The van der Waals surface area contributed by atoms with Gasteiger partial charge in [0.2, 0.25) is 0 Å². The maximum Gasteiger partial charge on any atom is 0.133 e. The number of ether oxygens (including phenoxy) is 1. The van der Waals surface area contributed by atoms with E-state index in [1.807, 2.05) is 20.0 Å². The number of hydrogen-bond acceptors (Lipinski definition) is 3. The highest BCUT2D eigenvalue weighted by Gasteiger charge is 2.16. The minimum atomic E-state index is 0.229. The SMILES string of the molecule is CCOc1ccc(C(NC)c2sccc2C)cc1Br. The largest absolute Gasteiger partial charge is 0.493 e. The van der Waals surface area contributed by atoms with Gasteiger partial charge in [0.05, 0.1) is 17.1 Å². The van der Waals surface area contributed by atoms with Gasteiger partial charge in [-0.1, -0.05) is 6.07 Å². The number of thiophene rings is 1. The molecular formula is C15H18BrNOS. The molecule has 0 radical (unpaired) electrons. The molecular weight excluding hydrogens is 322 g/mol. The van der Waals surface area contributed by atoms with E-state index in [2.05, 4.69) is 51.7 Å². The molecule has 2 nitrogen and oxygen atoms in total. The van der Waals surface area contributed by atoms with Gasteiger partial charge >= 0.3 is 0 Å². The van der Waals surface area contributed by atoms with Gasteiger partial charge in [-0.15, -0.1) is 11.3 Å². The minimum absolute atomic E-state index is 0.229. The summed E-state index contributed by atoms with van der Waals surface area (Å²) in [6.45, 7) is 4.82. The third-order valence-corrected chi connectivity index (χ3v) is 4.75. The van der Waals surface area contributed by atoms with Crippen LogP contribution in [0.3, 0.4) is 0 Å². The Labute approximate surface area is 126 Å². The van der Waals surface area contributed by atoms with E-state index in [0.29, 0.717) is 6.61 Å². The maximum absolute atomic E-state index is 5.55. The molecule has 0 spiro atoms. The smallest absolute Gasteiger partial charge is 0.133 e. The van der Waals surface area contributed by atoms with Crippen molar-refractivity contribution in [3.63, 3.8) is 0 Å². The van der Waals surface area contributed by atoms with Crippen LogP contribution in [0, 0.1) is 6.92 Å². The predicted molar refractivity (Wildman–Crippen MR) is 85.3 cm³/mol. The van der Waals surface area contributed by atoms with E-state index < -0.39 is 0 Å². The van der Waals surface area contributed by atoms with E-state index in [-0.39, 0.29) is 6.04 Å². The van der Waals surface area contributed by atoms with Crippen molar-refractivity contribution < 1.29 is 4.74 Å². The highest BCUT2D eigenvalue weighted by molar-refractivity contribution is 9.10. The first-order chi connectivity index (χ1) is 9.17. The molecule has 1 N–H and O–H groups in total. The molecule has 1 unspecified atom stereocenters. The molecule has 4 heteroatoms. The lowest BCUT2D eigenvalue weighted by Gasteiger charge is -2.18. The zero-order chi connectivity index (χ0) is 13.8. The van der Waals surface area contributed by atoms with Gasteiger partial charge in [0.1, 0.15) is 5.75 Å². The van der Waals surface area contributed by atoms with E-state index in [1.54, 1.807) is 11.3 Å². The second kappa shape index (κ2) is 6.55. The molecule has 2 rings (SSSR count). The van der Waals surface area contributed by atoms with Gasteiger partial charge in [0, 0.05) is 4.88 Å². The van der Waals surface area contributed by atoms with Crippen molar-refractivity contribution in [2.45, 2.75) is 19.9 Å². The number of hydrogen-bond donors (Lipinski definition) is 1. The van der Waals surface area contributed by atoms with E-state index in [9.17, 15) is 0 Å². The van der Waals surface area contributed by atoms with Gasteiger partial charge in [-0.2, -0.15) is 0 Å². The van der Waals surface area contributed by atoms with Crippen molar-refractivity contribution in [1.29, 1.82) is 0 Å². The van der Waals surface area contributed by atoms with Gasteiger partial charge in [-0.3, -0.25) is 0 Å². The summed E-state index contributed by atoms with van der Waals surface area (Å²) in [5.41, 5.74) is 2.57. The van der Waals surface area contributed by atoms with Crippen molar-refractivity contribution >= 4 is 27.3 Å². The number of nitrogens with one attached hydrogen (secondary N) is 1. The predicted octanol–water partition coefficient (Wildman–Crippen LogP) is 4.53. The number of benzene rings is 1. The van der Waals surface area contributed by atoms with Crippen LogP contribution in [-0.2, 0) is 0 Å². The van der Waals surface area contributed by atoms with Crippen LogP contribution in [0.4, 0.5) is 0 Å². The summed E-state index contributed by atoms with van der Waals surface area (Å²) >= 11 is 5.37. The summed E-state index contributed by atoms with van der Waals surface area (Å²) in [6.07, 6.45) is 0. The van der Waals surface area contributed by atoms with Crippen LogP contribution >= 0.6 is 27.3 Å². The Bertz CT molecular complexity index is 553. The van der Waals surface area contributed by atoms with Gasteiger partial charge in [-0.05, 0) is 71.5 Å². The highest BCUT2D eigenvalue weighted by Crippen LogP contribution is 2.33. The van der Waals surface area contributed by atoms with E-state index in [4.69, 9.17) is 4.74 Å². The summed E-state index contributed by atoms with van der Waals surface area (Å²) in [5, 5.41) is 5.53.